The lowest BCUT2D eigenvalue weighted by Gasteiger charge is -2.23. The topological polar surface area (TPSA) is 104 Å². The van der Waals surface area contributed by atoms with Crippen LogP contribution in [0.15, 0.2) is 46.1 Å². The maximum absolute atomic E-state index is 12.2. The molecule has 0 radical (unpaired) electrons. The SMILES string of the molecule is Cc1ccc(N2N=C(C(=O)NNC(=O)c3ccco3)CCC2=O)cc1Cl. The number of carbonyl (C=O) groups is 3. The first kappa shape index (κ1) is 17.7. The average molecular weight is 375 g/mol. The Kier molecular flexibility index (Phi) is 5.04. The van der Waals surface area contributed by atoms with Crippen LogP contribution >= 0.6 is 11.6 Å². The summed E-state index contributed by atoms with van der Waals surface area (Å²) < 4.78 is 4.92. The molecule has 2 heterocycles. The van der Waals surface area contributed by atoms with Gasteiger partial charge in [-0.15, -0.1) is 0 Å². The van der Waals surface area contributed by atoms with E-state index in [4.69, 9.17) is 16.0 Å². The Labute approximate surface area is 153 Å². The molecule has 0 saturated heterocycles. The molecule has 0 bridgehead atoms. The molecule has 134 valence electrons. The highest BCUT2D eigenvalue weighted by Crippen LogP contribution is 2.26. The third-order valence-electron chi connectivity index (χ3n) is 3.73. The van der Waals surface area contributed by atoms with Crippen LogP contribution in [0.25, 0.3) is 0 Å². The van der Waals surface area contributed by atoms with Crippen molar-refractivity contribution in [1.29, 1.82) is 0 Å². The summed E-state index contributed by atoms with van der Waals surface area (Å²) in [5.41, 5.74) is 5.92. The summed E-state index contributed by atoms with van der Waals surface area (Å²) >= 11 is 6.09. The monoisotopic (exact) mass is 374 g/mol. The first-order chi connectivity index (χ1) is 12.5. The molecule has 0 atom stereocenters. The van der Waals surface area contributed by atoms with Crippen molar-refractivity contribution >= 4 is 40.7 Å². The average Bonchev–Trinajstić information content (AvgIpc) is 3.17. The highest BCUT2D eigenvalue weighted by molar-refractivity contribution is 6.40. The zero-order valence-electron chi connectivity index (χ0n) is 13.8. The number of benzene rings is 1. The lowest BCUT2D eigenvalue weighted by atomic mass is 10.1. The van der Waals surface area contributed by atoms with Crippen LogP contribution in [0.1, 0.15) is 29.0 Å². The maximum Gasteiger partial charge on any atom is 0.305 e. The highest BCUT2D eigenvalue weighted by atomic mass is 35.5. The molecule has 9 heteroatoms. The van der Waals surface area contributed by atoms with Crippen LogP contribution in [-0.4, -0.2) is 23.4 Å². The summed E-state index contributed by atoms with van der Waals surface area (Å²) in [6.45, 7) is 1.84. The number of hydrazine groups is 1. The summed E-state index contributed by atoms with van der Waals surface area (Å²) in [5.74, 6) is -1.40. The largest absolute Gasteiger partial charge is 0.459 e. The van der Waals surface area contributed by atoms with Crippen LogP contribution in [0.4, 0.5) is 5.69 Å². The molecular formula is C17H15ClN4O4. The Morgan fingerprint density at radius 3 is 2.65 bits per heavy atom. The van der Waals surface area contributed by atoms with E-state index in [9.17, 15) is 14.4 Å². The standard InChI is InChI=1S/C17H15ClN4O4/c1-10-4-5-11(9-12(10)18)22-15(23)7-6-13(21-22)16(24)19-20-17(25)14-3-2-8-26-14/h2-5,8-9H,6-7H2,1H3,(H,19,24)(H,20,25). The number of furan rings is 1. The minimum atomic E-state index is -0.611. The molecule has 0 saturated carbocycles. The first-order valence-electron chi connectivity index (χ1n) is 7.76. The van der Waals surface area contributed by atoms with E-state index < -0.39 is 11.8 Å². The number of anilines is 1. The Morgan fingerprint density at radius 1 is 1.19 bits per heavy atom. The maximum atomic E-state index is 12.2. The summed E-state index contributed by atoms with van der Waals surface area (Å²) in [4.78, 5) is 36.1. The van der Waals surface area contributed by atoms with Crippen LogP contribution in [0, 0.1) is 6.92 Å². The van der Waals surface area contributed by atoms with Gasteiger partial charge in [0.2, 0.25) is 5.91 Å². The minimum absolute atomic E-state index is 0.0574. The third kappa shape index (κ3) is 3.75. The van der Waals surface area contributed by atoms with Gasteiger partial charge in [0.1, 0.15) is 5.71 Å². The predicted molar refractivity (Wildman–Crippen MR) is 94.7 cm³/mol. The van der Waals surface area contributed by atoms with Crippen LogP contribution in [0.2, 0.25) is 5.02 Å². The fourth-order valence-corrected chi connectivity index (χ4v) is 2.46. The van der Waals surface area contributed by atoms with Gasteiger partial charge in [-0.1, -0.05) is 17.7 Å². The van der Waals surface area contributed by atoms with E-state index in [1.807, 2.05) is 6.92 Å². The van der Waals surface area contributed by atoms with Crippen molar-refractivity contribution in [2.24, 2.45) is 5.10 Å². The van der Waals surface area contributed by atoms with Crippen LogP contribution in [0.5, 0.6) is 0 Å². The molecule has 3 rings (SSSR count). The number of halogens is 1. The molecule has 1 aromatic carbocycles. The number of amides is 3. The highest BCUT2D eigenvalue weighted by Gasteiger charge is 2.26. The van der Waals surface area contributed by atoms with Gasteiger partial charge in [0, 0.05) is 17.9 Å². The van der Waals surface area contributed by atoms with E-state index >= 15 is 0 Å². The zero-order valence-corrected chi connectivity index (χ0v) is 14.5. The Morgan fingerprint density at radius 2 is 1.96 bits per heavy atom. The second kappa shape index (κ2) is 7.40. The Balaban J connectivity index is 1.72. The number of hydrogen-bond acceptors (Lipinski definition) is 5. The van der Waals surface area contributed by atoms with Gasteiger partial charge in [0.05, 0.1) is 12.0 Å². The number of aryl methyl sites for hydroxylation is 1. The number of hydrogen-bond donors (Lipinski definition) is 2. The van der Waals surface area contributed by atoms with Crippen molar-refractivity contribution in [2.45, 2.75) is 19.8 Å². The van der Waals surface area contributed by atoms with Crippen molar-refractivity contribution in [3.63, 3.8) is 0 Å². The molecule has 0 unspecified atom stereocenters. The second-order valence-electron chi connectivity index (χ2n) is 5.57. The quantitative estimate of drug-likeness (QED) is 0.803. The molecule has 0 fully saturated rings. The lowest BCUT2D eigenvalue weighted by molar-refractivity contribution is -0.119. The van der Waals surface area contributed by atoms with E-state index in [0.29, 0.717) is 10.7 Å². The van der Waals surface area contributed by atoms with Crippen LogP contribution in [-0.2, 0) is 9.59 Å². The smallest absolute Gasteiger partial charge is 0.305 e. The number of carbonyl (C=O) groups excluding carboxylic acids is 3. The molecular weight excluding hydrogens is 360 g/mol. The molecule has 0 aliphatic carbocycles. The number of rotatable bonds is 3. The molecule has 1 aromatic heterocycles. The van der Waals surface area contributed by atoms with Crippen molar-refractivity contribution in [3.05, 3.63) is 52.9 Å². The van der Waals surface area contributed by atoms with Gasteiger partial charge in [-0.25, -0.2) is 5.01 Å². The Bertz CT molecular complexity index is 892. The van der Waals surface area contributed by atoms with Crippen molar-refractivity contribution in [2.75, 3.05) is 5.01 Å². The van der Waals surface area contributed by atoms with Crippen molar-refractivity contribution in [3.8, 4) is 0 Å². The lowest BCUT2D eigenvalue weighted by Crippen LogP contribution is -2.47. The third-order valence-corrected chi connectivity index (χ3v) is 4.14. The number of nitrogens with one attached hydrogen (secondary N) is 2. The zero-order chi connectivity index (χ0) is 18.7. The van der Waals surface area contributed by atoms with Gasteiger partial charge < -0.3 is 4.42 Å². The van der Waals surface area contributed by atoms with E-state index in [1.165, 1.54) is 12.3 Å². The fourth-order valence-electron chi connectivity index (χ4n) is 2.29. The molecule has 2 N–H and O–H groups in total. The molecule has 8 nitrogen and oxygen atoms in total. The Hall–Kier alpha value is -3.13. The van der Waals surface area contributed by atoms with Gasteiger partial charge in [0.15, 0.2) is 5.76 Å². The van der Waals surface area contributed by atoms with Gasteiger partial charge in [-0.2, -0.15) is 5.10 Å². The number of nitrogens with zero attached hydrogens (tertiary/aromatic N) is 2. The van der Waals surface area contributed by atoms with Gasteiger partial charge >= 0.3 is 5.91 Å². The van der Waals surface area contributed by atoms with E-state index in [1.54, 1.807) is 24.3 Å². The molecule has 3 amide bonds. The van der Waals surface area contributed by atoms with Crippen LogP contribution in [0.3, 0.4) is 0 Å². The second-order valence-corrected chi connectivity index (χ2v) is 5.98. The molecule has 26 heavy (non-hydrogen) atoms. The molecule has 1 aliphatic rings. The summed E-state index contributed by atoms with van der Waals surface area (Å²) in [5, 5.41) is 5.73. The molecule has 1 aliphatic heterocycles. The van der Waals surface area contributed by atoms with Crippen molar-refractivity contribution < 1.29 is 18.8 Å². The predicted octanol–water partition coefficient (Wildman–Crippen LogP) is 2.19. The molecule has 0 spiro atoms. The molecule has 2 aromatic rings. The summed E-state index contributed by atoms with van der Waals surface area (Å²) in [6, 6.07) is 8.08. The summed E-state index contributed by atoms with van der Waals surface area (Å²) in [7, 11) is 0. The van der Waals surface area contributed by atoms with E-state index in [-0.39, 0.29) is 30.2 Å². The minimum Gasteiger partial charge on any atom is -0.459 e. The van der Waals surface area contributed by atoms with Gasteiger partial charge in [-0.05, 0) is 36.8 Å². The van der Waals surface area contributed by atoms with Crippen LogP contribution < -0.4 is 15.9 Å². The normalized spacial score (nSPS) is 14.0. The van der Waals surface area contributed by atoms with Gasteiger partial charge in [0.25, 0.3) is 5.91 Å². The number of hydrazone groups is 1. The fraction of sp³-hybridized carbons (Fsp3) is 0.176. The van der Waals surface area contributed by atoms with E-state index in [2.05, 4.69) is 16.0 Å². The first-order valence-corrected chi connectivity index (χ1v) is 8.14. The van der Waals surface area contributed by atoms with E-state index in [0.717, 1.165) is 10.6 Å². The summed E-state index contributed by atoms with van der Waals surface area (Å²) in [6.07, 6.45) is 1.62. The van der Waals surface area contributed by atoms with Gasteiger partial charge in [-0.3, -0.25) is 25.2 Å². The van der Waals surface area contributed by atoms with Crippen molar-refractivity contribution in [1.82, 2.24) is 10.9 Å².